The van der Waals surface area contributed by atoms with Crippen molar-refractivity contribution in [3.63, 3.8) is 0 Å². The Kier molecular flexibility index (Phi) is 3.48. The Morgan fingerprint density at radius 3 is 2.93 bits per heavy atom. The molecule has 1 saturated heterocycles. The van der Waals surface area contributed by atoms with Crippen LogP contribution in [0.1, 0.15) is 28.4 Å². The molecule has 0 radical (unpaired) electrons. The van der Waals surface area contributed by atoms with E-state index in [0.717, 1.165) is 17.9 Å². The van der Waals surface area contributed by atoms with Gasteiger partial charge in [-0.25, -0.2) is 0 Å². The van der Waals surface area contributed by atoms with E-state index in [0.29, 0.717) is 43.5 Å². The summed E-state index contributed by atoms with van der Waals surface area (Å²) < 4.78 is 15.4. The summed E-state index contributed by atoms with van der Waals surface area (Å²) in [5.41, 5.74) is 0.999. The van der Waals surface area contributed by atoms with Crippen LogP contribution in [0.4, 0.5) is 0 Å². The van der Waals surface area contributed by atoms with Gasteiger partial charge in [-0.15, -0.1) is 10.2 Å². The number of nitrogens with zero attached hydrogens (tertiary/aromatic N) is 6. The minimum absolute atomic E-state index is 0.0556. The van der Waals surface area contributed by atoms with Crippen LogP contribution in [0, 0.1) is 6.92 Å². The number of ether oxygens (including phenoxy) is 1. The first-order chi connectivity index (χ1) is 13.0. The SMILES string of the molecule is Cc1cc(C(=O)N2CCC3(C2)Cn2c(nnc2-c2ccco2)CO3)nn1C. The number of furan rings is 1. The topological polar surface area (TPSA) is 91.2 Å². The van der Waals surface area contributed by atoms with Crippen LogP contribution < -0.4 is 0 Å². The number of carbonyl (C=O) groups excluding carboxylic acids is 1. The van der Waals surface area contributed by atoms with Crippen molar-refractivity contribution < 1.29 is 13.9 Å². The summed E-state index contributed by atoms with van der Waals surface area (Å²) in [5.74, 6) is 2.10. The Balaban J connectivity index is 1.38. The molecular formula is C18H20N6O3. The van der Waals surface area contributed by atoms with E-state index in [2.05, 4.69) is 15.3 Å². The summed E-state index contributed by atoms with van der Waals surface area (Å²) in [6.07, 6.45) is 2.39. The number of fused-ring (bicyclic) bond motifs is 1. The molecule has 1 fully saturated rings. The normalized spacial score (nSPS) is 21.8. The Bertz CT molecular complexity index is 985. The van der Waals surface area contributed by atoms with Crippen LogP contribution in [0.2, 0.25) is 0 Å². The lowest BCUT2D eigenvalue weighted by Crippen LogP contribution is -2.45. The molecule has 0 aromatic carbocycles. The second kappa shape index (κ2) is 5.78. The van der Waals surface area contributed by atoms with Crippen molar-refractivity contribution in [3.8, 4) is 11.6 Å². The zero-order valence-electron chi connectivity index (χ0n) is 15.3. The number of hydrogen-bond acceptors (Lipinski definition) is 6. The molecule has 140 valence electrons. The van der Waals surface area contributed by atoms with Gasteiger partial charge in [0.2, 0.25) is 0 Å². The molecule has 3 aromatic heterocycles. The van der Waals surface area contributed by atoms with E-state index in [9.17, 15) is 4.79 Å². The Morgan fingerprint density at radius 1 is 1.30 bits per heavy atom. The summed E-state index contributed by atoms with van der Waals surface area (Å²) in [6, 6.07) is 5.52. The molecule has 1 unspecified atom stereocenters. The Hall–Kier alpha value is -2.94. The molecule has 3 aromatic rings. The molecule has 1 amide bonds. The van der Waals surface area contributed by atoms with Crippen LogP contribution in [-0.2, 0) is 24.9 Å². The van der Waals surface area contributed by atoms with Crippen LogP contribution in [0.25, 0.3) is 11.6 Å². The van der Waals surface area contributed by atoms with Crippen LogP contribution in [-0.4, -0.2) is 54.0 Å². The van der Waals surface area contributed by atoms with Gasteiger partial charge >= 0.3 is 0 Å². The number of likely N-dealkylation sites (tertiary alicyclic amines) is 1. The molecule has 27 heavy (non-hydrogen) atoms. The van der Waals surface area contributed by atoms with Gasteiger partial charge in [0.15, 0.2) is 23.1 Å². The van der Waals surface area contributed by atoms with E-state index >= 15 is 0 Å². The summed E-state index contributed by atoms with van der Waals surface area (Å²) >= 11 is 0. The highest BCUT2D eigenvalue weighted by atomic mass is 16.5. The van der Waals surface area contributed by atoms with Crippen LogP contribution in [0.5, 0.6) is 0 Å². The maximum absolute atomic E-state index is 12.8. The number of aryl methyl sites for hydroxylation is 2. The first kappa shape index (κ1) is 16.2. The summed E-state index contributed by atoms with van der Waals surface area (Å²) in [7, 11) is 1.84. The van der Waals surface area contributed by atoms with E-state index in [1.165, 1.54) is 0 Å². The zero-order valence-corrected chi connectivity index (χ0v) is 15.3. The predicted octanol–water partition coefficient (Wildman–Crippen LogP) is 1.40. The molecule has 9 heteroatoms. The maximum Gasteiger partial charge on any atom is 0.274 e. The van der Waals surface area contributed by atoms with Crippen LogP contribution >= 0.6 is 0 Å². The molecule has 1 atom stereocenters. The number of rotatable bonds is 2. The van der Waals surface area contributed by atoms with Gasteiger partial charge in [0.05, 0.1) is 19.4 Å². The highest BCUT2D eigenvalue weighted by Crippen LogP contribution is 2.34. The van der Waals surface area contributed by atoms with E-state index < -0.39 is 5.60 Å². The lowest BCUT2D eigenvalue weighted by Gasteiger charge is -2.34. The number of carbonyl (C=O) groups is 1. The minimum Gasteiger partial charge on any atom is -0.461 e. The first-order valence-electron chi connectivity index (χ1n) is 8.94. The molecule has 0 aliphatic carbocycles. The van der Waals surface area contributed by atoms with Crippen molar-refractivity contribution in [1.82, 2.24) is 29.4 Å². The van der Waals surface area contributed by atoms with Crippen molar-refractivity contribution >= 4 is 5.91 Å². The number of hydrogen-bond donors (Lipinski definition) is 0. The van der Waals surface area contributed by atoms with Crippen molar-refractivity contribution in [2.45, 2.75) is 32.1 Å². The Labute approximate surface area is 155 Å². The molecule has 0 bridgehead atoms. The second-order valence-electron chi connectivity index (χ2n) is 7.25. The Morgan fingerprint density at radius 2 is 2.19 bits per heavy atom. The smallest absolute Gasteiger partial charge is 0.274 e. The van der Waals surface area contributed by atoms with Gasteiger partial charge in [0.25, 0.3) is 5.91 Å². The van der Waals surface area contributed by atoms with Crippen molar-refractivity contribution in [2.24, 2.45) is 7.05 Å². The summed E-state index contributed by atoms with van der Waals surface area (Å²) in [6.45, 7) is 4.07. The first-order valence-corrected chi connectivity index (χ1v) is 8.94. The van der Waals surface area contributed by atoms with Gasteiger partial charge in [-0.3, -0.25) is 9.48 Å². The quantitative estimate of drug-likeness (QED) is 0.679. The highest BCUT2D eigenvalue weighted by Gasteiger charge is 2.45. The number of aromatic nitrogens is 5. The highest BCUT2D eigenvalue weighted by molar-refractivity contribution is 5.92. The number of amides is 1. The van der Waals surface area contributed by atoms with Gasteiger partial charge in [0, 0.05) is 19.3 Å². The summed E-state index contributed by atoms with van der Waals surface area (Å²) in [5, 5.41) is 12.8. The third-order valence-electron chi connectivity index (χ3n) is 5.46. The van der Waals surface area contributed by atoms with E-state index in [4.69, 9.17) is 9.15 Å². The van der Waals surface area contributed by atoms with E-state index in [-0.39, 0.29) is 5.91 Å². The van der Waals surface area contributed by atoms with E-state index in [1.54, 1.807) is 10.9 Å². The third kappa shape index (κ3) is 2.57. The molecule has 0 saturated carbocycles. The predicted molar refractivity (Wildman–Crippen MR) is 93.7 cm³/mol. The molecule has 0 N–H and O–H groups in total. The molecule has 9 nitrogen and oxygen atoms in total. The minimum atomic E-state index is -0.434. The zero-order chi connectivity index (χ0) is 18.6. The third-order valence-corrected chi connectivity index (χ3v) is 5.46. The molecule has 5 heterocycles. The van der Waals surface area contributed by atoms with Gasteiger partial charge in [-0.1, -0.05) is 0 Å². The second-order valence-corrected chi connectivity index (χ2v) is 7.25. The van der Waals surface area contributed by atoms with Crippen molar-refractivity contribution in [1.29, 1.82) is 0 Å². The van der Waals surface area contributed by atoms with Gasteiger partial charge < -0.3 is 18.6 Å². The van der Waals surface area contributed by atoms with E-state index in [1.807, 2.05) is 41.6 Å². The molecule has 2 aliphatic heterocycles. The van der Waals surface area contributed by atoms with Crippen molar-refractivity contribution in [2.75, 3.05) is 13.1 Å². The largest absolute Gasteiger partial charge is 0.461 e. The molecular weight excluding hydrogens is 348 g/mol. The van der Waals surface area contributed by atoms with Gasteiger partial charge in [0.1, 0.15) is 12.2 Å². The van der Waals surface area contributed by atoms with Gasteiger partial charge in [-0.05, 0) is 31.5 Å². The monoisotopic (exact) mass is 368 g/mol. The van der Waals surface area contributed by atoms with Crippen LogP contribution in [0.3, 0.4) is 0 Å². The molecule has 2 aliphatic rings. The molecule has 1 spiro atoms. The fourth-order valence-electron chi connectivity index (χ4n) is 3.84. The lowest BCUT2D eigenvalue weighted by molar-refractivity contribution is -0.0805. The van der Waals surface area contributed by atoms with Crippen molar-refractivity contribution in [3.05, 3.63) is 41.7 Å². The average Bonchev–Trinajstić information content (AvgIpc) is 3.43. The van der Waals surface area contributed by atoms with Gasteiger partial charge in [-0.2, -0.15) is 5.10 Å². The van der Waals surface area contributed by atoms with Crippen LogP contribution in [0.15, 0.2) is 28.9 Å². The maximum atomic E-state index is 12.8. The fourth-order valence-corrected chi connectivity index (χ4v) is 3.84. The fraction of sp³-hybridized carbons (Fsp3) is 0.444. The summed E-state index contributed by atoms with van der Waals surface area (Å²) in [4.78, 5) is 14.7. The average molecular weight is 368 g/mol. The lowest BCUT2D eigenvalue weighted by atomic mass is 10.0. The molecule has 5 rings (SSSR count). The standard InChI is InChI=1S/C18H20N6O3/c1-12-8-13(21-22(12)2)17(25)23-6-5-18(10-23)11-24-15(9-27-18)19-20-16(24)14-4-3-7-26-14/h3-4,7-8H,5-6,9-11H2,1-2H3.